The second-order valence-electron chi connectivity index (χ2n) is 8.06. The number of carbonyl (C=O) groups is 1. The Kier molecular flexibility index (Phi) is 2.88. The zero-order valence-electron chi connectivity index (χ0n) is 13.9. The van der Waals surface area contributed by atoms with Crippen LogP contribution in [-0.4, -0.2) is 20.9 Å². The monoisotopic (exact) mass is 321 g/mol. The lowest BCUT2D eigenvalue weighted by atomic mass is 9.55. The molecule has 0 spiro atoms. The number of benzene rings is 1. The summed E-state index contributed by atoms with van der Waals surface area (Å²) in [5.41, 5.74) is 9.93. The van der Waals surface area contributed by atoms with Crippen molar-refractivity contribution in [1.29, 1.82) is 0 Å². The summed E-state index contributed by atoms with van der Waals surface area (Å²) < 4.78 is 2.18. The fraction of sp³-hybridized carbons (Fsp3) is 0.500. The summed E-state index contributed by atoms with van der Waals surface area (Å²) in [6.07, 6.45) is 10.3. The molecule has 1 aliphatic heterocycles. The molecule has 4 heteroatoms. The van der Waals surface area contributed by atoms with Gasteiger partial charge in [-0.05, 0) is 44.1 Å². The Bertz CT molecular complexity index is 797. The van der Waals surface area contributed by atoms with Gasteiger partial charge in [0.25, 0.3) is 0 Å². The Balaban J connectivity index is 1.46. The standard InChI is InChI=1S/C20H23N3O/c21-20-8-5-19(6-9-20,7-10-20)18(24)11-16-14-3-1-2-4-15(14)17-12-22-13-23(16)17/h1-4,12-13,16H,5-11,21H2. The predicted octanol–water partition coefficient (Wildman–Crippen LogP) is 3.46. The normalized spacial score (nSPS) is 33.3. The average Bonchev–Trinajstić information content (AvgIpc) is 3.19. The molecule has 2 N–H and O–H groups in total. The first-order valence-electron chi connectivity index (χ1n) is 9.04. The van der Waals surface area contributed by atoms with E-state index in [1.165, 1.54) is 11.1 Å². The highest BCUT2D eigenvalue weighted by Gasteiger charge is 2.51. The summed E-state index contributed by atoms with van der Waals surface area (Å²) in [7, 11) is 0. The smallest absolute Gasteiger partial charge is 0.141 e. The van der Waals surface area contributed by atoms with E-state index in [4.69, 9.17) is 5.73 Å². The van der Waals surface area contributed by atoms with Gasteiger partial charge >= 0.3 is 0 Å². The molecule has 24 heavy (non-hydrogen) atoms. The number of aromatic nitrogens is 2. The molecule has 6 rings (SSSR count). The number of imidazole rings is 1. The van der Waals surface area contributed by atoms with E-state index in [-0.39, 0.29) is 17.0 Å². The van der Waals surface area contributed by atoms with E-state index >= 15 is 0 Å². The molecular formula is C20H23N3O. The number of hydrogen-bond acceptors (Lipinski definition) is 3. The van der Waals surface area contributed by atoms with Crippen LogP contribution in [0.3, 0.4) is 0 Å². The number of ketones is 1. The molecule has 4 aliphatic rings. The molecule has 2 heterocycles. The van der Waals surface area contributed by atoms with Crippen LogP contribution in [0.2, 0.25) is 0 Å². The molecule has 2 aromatic rings. The summed E-state index contributed by atoms with van der Waals surface area (Å²) in [6, 6.07) is 8.52. The fourth-order valence-corrected chi connectivity index (χ4v) is 5.17. The van der Waals surface area contributed by atoms with E-state index < -0.39 is 0 Å². The Morgan fingerprint density at radius 3 is 2.62 bits per heavy atom. The highest BCUT2D eigenvalue weighted by atomic mass is 16.1. The van der Waals surface area contributed by atoms with E-state index in [0.717, 1.165) is 44.2 Å². The number of fused-ring (bicyclic) bond motifs is 6. The zero-order chi connectivity index (χ0) is 16.4. The topological polar surface area (TPSA) is 60.9 Å². The maximum Gasteiger partial charge on any atom is 0.141 e. The Labute approximate surface area is 142 Å². The molecule has 0 radical (unpaired) electrons. The van der Waals surface area contributed by atoms with E-state index in [0.29, 0.717) is 12.2 Å². The molecule has 0 amide bonds. The predicted molar refractivity (Wildman–Crippen MR) is 92.5 cm³/mol. The minimum Gasteiger partial charge on any atom is -0.325 e. The number of hydrogen-bond donors (Lipinski definition) is 1. The molecule has 1 unspecified atom stereocenters. The van der Waals surface area contributed by atoms with E-state index in [1.807, 2.05) is 12.5 Å². The molecule has 3 aliphatic carbocycles. The van der Waals surface area contributed by atoms with Crippen LogP contribution in [0.1, 0.15) is 56.6 Å². The molecule has 1 aromatic carbocycles. The van der Waals surface area contributed by atoms with Gasteiger partial charge in [-0.3, -0.25) is 4.79 Å². The van der Waals surface area contributed by atoms with Crippen LogP contribution in [0.25, 0.3) is 11.3 Å². The summed E-state index contributed by atoms with van der Waals surface area (Å²) in [6.45, 7) is 0. The molecule has 3 saturated carbocycles. The minimum atomic E-state index is -0.112. The highest BCUT2D eigenvalue weighted by Crippen LogP contribution is 2.53. The van der Waals surface area contributed by atoms with E-state index in [9.17, 15) is 4.79 Å². The van der Waals surface area contributed by atoms with Crippen LogP contribution in [-0.2, 0) is 4.79 Å². The van der Waals surface area contributed by atoms with Gasteiger partial charge in [-0.2, -0.15) is 0 Å². The second kappa shape index (κ2) is 4.79. The van der Waals surface area contributed by atoms with Crippen molar-refractivity contribution in [2.24, 2.45) is 11.1 Å². The van der Waals surface area contributed by atoms with Crippen LogP contribution in [0.4, 0.5) is 0 Å². The van der Waals surface area contributed by atoms with Gasteiger partial charge < -0.3 is 10.3 Å². The Morgan fingerprint density at radius 1 is 1.17 bits per heavy atom. The lowest BCUT2D eigenvalue weighted by Gasteiger charge is -2.51. The SMILES string of the molecule is NC12CCC(C(=O)CC3c4ccccc4-c4cncn43)(CC1)CC2. The van der Waals surface area contributed by atoms with Gasteiger partial charge in [0.05, 0.1) is 24.3 Å². The van der Waals surface area contributed by atoms with Gasteiger partial charge in [0.1, 0.15) is 5.78 Å². The Morgan fingerprint density at radius 2 is 1.88 bits per heavy atom. The van der Waals surface area contributed by atoms with Crippen LogP contribution in [0.15, 0.2) is 36.8 Å². The lowest BCUT2D eigenvalue weighted by molar-refractivity contribution is -0.135. The quantitative estimate of drug-likeness (QED) is 0.941. The van der Waals surface area contributed by atoms with Crippen LogP contribution in [0.5, 0.6) is 0 Å². The molecule has 1 atom stereocenters. The van der Waals surface area contributed by atoms with Crippen LogP contribution < -0.4 is 5.73 Å². The van der Waals surface area contributed by atoms with Crippen molar-refractivity contribution < 1.29 is 4.79 Å². The van der Waals surface area contributed by atoms with E-state index in [1.54, 1.807) is 0 Å². The fourth-order valence-electron chi connectivity index (χ4n) is 5.17. The number of rotatable bonds is 3. The number of nitrogens with zero attached hydrogens (tertiary/aromatic N) is 2. The first-order chi connectivity index (χ1) is 11.6. The number of nitrogens with two attached hydrogens (primary N) is 1. The Hall–Kier alpha value is -1.94. The first-order valence-corrected chi connectivity index (χ1v) is 9.04. The van der Waals surface area contributed by atoms with Gasteiger partial charge in [0, 0.05) is 22.9 Å². The van der Waals surface area contributed by atoms with Crippen molar-refractivity contribution in [1.82, 2.24) is 9.55 Å². The number of Topliss-reactive ketones (excluding diaryl/α,β-unsaturated/α-hetero) is 1. The third-order valence-electron chi connectivity index (χ3n) is 6.87. The first kappa shape index (κ1) is 14.4. The third kappa shape index (κ3) is 1.89. The van der Waals surface area contributed by atoms with Crippen LogP contribution >= 0.6 is 0 Å². The molecule has 3 fully saturated rings. The minimum absolute atomic E-state index is 0.0134. The molecular weight excluding hydrogens is 298 g/mol. The molecule has 4 nitrogen and oxygen atoms in total. The molecule has 0 saturated heterocycles. The summed E-state index contributed by atoms with van der Waals surface area (Å²) in [5, 5.41) is 0. The lowest BCUT2D eigenvalue weighted by Crippen LogP contribution is -2.54. The van der Waals surface area contributed by atoms with Crippen molar-refractivity contribution in [2.45, 2.75) is 56.5 Å². The summed E-state index contributed by atoms with van der Waals surface area (Å²) in [4.78, 5) is 17.6. The summed E-state index contributed by atoms with van der Waals surface area (Å²) >= 11 is 0. The van der Waals surface area contributed by atoms with Crippen molar-refractivity contribution >= 4 is 5.78 Å². The van der Waals surface area contributed by atoms with Gasteiger partial charge in [-0.1, -0.05) is 24.3 Å². The molecule has 2 bridgehead atoms. The van der Waals surface area contributed by atoms with Gasteiger partial charge in [-0.25, -0.2) is 4.98 Å². The zero-order valence-corrected chi connectivity index (χ0v) is 13.9. The van der Waals surface area contributed by atoms with Crippen molar-refractivity contribution in [3.05, 3.63) is 42.4 Å². The van der Waals surface area contributed by atoms with Gasteiger partial charge in [-0.15, -0.1) is 0 Å². The second-order valence-corrected chi connectivity index (χ2v) is 8.06. The molecule has 124 valence electrons. The highest BCUT2D eigenvalue weighted by molar-refractivity contribution is 5.87. The van der Waals surface area contributed by atoms with Crippen LogP contribution in [0, 0.1) is 5.41 Å². The molecule has 1 aromatic heterocycles. The summed E-state index contributed by atoms with van der Waals surface area (Å²) in [5.74, 6) is 0.436. The number of carbonyl (C=O) groups excluding carboxylic acids is 1. The third-order valence-corrected chi connectivity index (χ3v) is 6.87. The maximum absolute atomic E-state index is 13.3. The average molecular weight is 321 g/mol. The van der Waals surface area contributed by atoms with Gasteiger partial charge in [0.15, 0.2) is 0 Å². The van der Waals surface area contributed by atoms with E-state index in [2.05, 4.69) is 33.8 Å². The van der Waals surface area contributed by atoms with Crippen molar-refractivity contribution in [3.8, 4) is 11.3 Å². The largest absolute Gasteiger partial charge is 0.325 e. The van der Waals surface area contributed by atoms with Crippen molar-refractivity contribution in [2.75, 3.05) is 0 Å². The maximum atomic E-state index is 13.3. The van der Waals surface area contributed by atoms with Gasteiger partial charge in [0.2, 0.25) is 0 Å². The van der Waals surface area contributed by atoms with Crippen molar-refractivity contribution in [3.63, 3.8) is 0 Å².